The number of benzene rings is 1. The molecule has 0 atom stereocenters. The Labute approximate surface area is 173 Å². The third kappa shape index (κ3) is 4.76. The molecule has 1 aliphatic rings. The Balaban J connectivity index is 1.29. The maximum Gasteiger partial charge on any atom is 0.272 e. The van der Waals surface area contributed by atoms with Gasteiger partial charge in [0, 0.05) is 55.7 Å². The highest BCUT2D eigenvalue weighted by molar-refractivity contribution is 7.09. The summed E-state index contributed by atoms with van der Waals surface area (Å²) in [7, 11) is 0. The quantitative estimate of drug-likeness (QED) is 0.640. The van der Waals surface area contributed by atoms with Gasteiger partial charge in [-0.25, -0.2) is 4.98 Å². The maximum absolute atomic E-state index is 12.5. The molecule has 1 fully saturated rings. The highest BCUT2D eigenvalue weighted by Crippen LogP contribution is 2.18. The minimum atomic E-state index is 0.0131. The number of hydrogen-bond acceptors (Lipinski definition) is 5. The van der Waals surface area contributed by atoms with Gasteiger partial charge in [-0.1, -0.05) is 29.8 Å². The van der Waals surface area contributed by atoms with Crippen LogP contribution >= 0.6 is 22.9 Å². The molecule has 0 spiro atoms. The normalized spacial score (nSPS) is 15.0. The van der Waals surface area contributed by atoms with Crippen molar-refractivity contribution in [2.75, 3.05) is 26.2 Å². The molecule has 7 heteroatoms. The standard InChI is InChI=1S/C21H21ClN4OS/c22-17-6-4-16(5-7-17)13-20-24-18(15-28-20)14-25-9-11-26(12-10-25)21(27)19-3-1-2-8-23-19/h1-8,15H,9-14H2. The van der Waals surface area contributed by atoms with Gasteiger partial charge in [-0.05, 0) is 29.8 Å². The molecule has 3 heterocycles. The molecule has 0 unspecified atom stereocenters. The van der Waals surface area contributed by atoms with E-state index in [1.807, 2.05) is 41.3 Å². The lowest BCUT2D eigenvalue weighted by molar-refractivity contribution is 0.0621. The van der Waals surface area contributed by atoms with Gasteiger partial charge in [0.05, 0.1) is 10.7 Å². The second-order valence-corrected chi connectivity index (χ2v) is 8.20. The number of rotatable bonds is 5. The Bertz CT molecular complexity index is 921. The van der Waals surface area contributed by atoms with Crippen molar-refractivity contribution in [3.63, 3.8) is 0 Å². The smallest absolute Gasteiger partial charge is 0.272 e. The van der Waals surface area contributed by atoms with Crippen molar-refractivity contribution < 1.29 is 4.79 Å². The third-order valence-corrected chi connectivity index (χ3v) is 5.95. The van der Waals surface area contributed by atoms with Crippen molar-refractivity contribution in [2.45, 2.75) is 13.0 Å². The Hall–Kier alpha value is -2.28. The fraction of sp³-hybridized carbons (Fsp3) is 0.286. The van der Waals surface area contributed by atoms with Crippen LogP contribution in [0, 0.1) is 0 Å². The number of aromatic nitrogens is 2. The van der Waals surface area contributed by atoms with Crippen LogP contribution in [0.3, 0.4) is 0 Å². The zero-order valence-corrected chi connectivity index (χ0v) is 17.0. The van der Waals surface area contributed by atoms with Gasteiger partial charge in [0.15, 0.2) is 0 Å². The van der Waals surface area contributed by atoms with Gasteiger partial charge >= 0.3 is 0 Å². The largest absolute Gasteiger partial charge is 0.335 e. The first-order valence-corrected chi connectivity index (χ1v) is 10.5. The van der Waals surface area contributed by atoms with Crippen LogP contribution < -0.4 is 0 Å². The predicted molar refractivity (Wildman–Crippen MR) is 112 cm³/mol. The molecule has 28 heavy (non-hydrogen) atoms. The number of halogens is 1. The lowest BCUT2D eigenvalue weighted by atomic mass is 10.2. The van der Waals surface area contributed by atoms with E-state index in [0.717, 1.165) is 54.9 Å². The van der Waals surface area contributed by atoms with Crippen molar-refractivity contribution in [1.82, 2.24) is 19.8 Å². The van der Waals surface area contributed by atoms with E-state index < -0.39 is 0 Å². The molecular weight excluding hydrogens is 392 g/mol. The zero-order chi connectivity index (χ0) is 19.3. The highest BCUT2D eigenvalue weighted by Gasteiger charge is 2.23. The second-order valence-electron chi connectivity index (χ2n) is 6.82. The molecular formula is C21H21ClN4OS. The topological polar surface area (TPSA) is 49.3 Å². The summed E-state index contributed by atoms with van der Waals surface area (Å²) >= 11 is 7.64. The number of nitrogens with zero attached hydrogens (tertiary/aromatic N) is 4. The van der Waals surface area contributed by atoms with Crippen LogP contribution in [0.4, 0.5) is 0 Å². The number of pyridine rings is 1. The van der Waals surface area contributed by atoms with Gasteiger partial charge in [0.2, 0.25) is 0 Å². The summed E-state index contributed by atoms with van der Waals surface area (Å²) in [6.07, 6.45) is 2.49. The Morgan fingerprint density at radius 3 is 2.57 bits per heavy atom. The number of carbonyl (C=O) groups is 1. The van der Waals surface area contributed by atoms with Crippen LogP contribution in [0.15, 0.2) is 54.0 Å². The molecule has 1 aliphatic heterocycles. The number of carbonyl (C=O) groups excluding carboxylic acids is 1. The lowest BCUT2D eigenvalue weighted by Gasteiger charge is -2.34. The van der Waals surface area contributed by atoms with E-state index in [0.29, 0.717) is 5.69 Å². The molecule has 0 saturated carbocycles. The van der Waals surface area contributed by atoms with E-state index in [1.54, 1.807) is 23.6 Å². The molecule has 1 amide bonds. The van der Waals surface area contributed by atoms with Crippen LogP contribution in [0.2, 0.25) is 5.02 Å². The first-order chi connectivity index (χ1) is 13.7. The summed E-state index contributed by atoms with van der Waals surface area (Å²) in [6, 6.07) is 13.4. The first kappa shape index (κ1) is 19.1. The molecule has 1 saturated heterocycles. The van der Waals surface area contributed by atoms with Crippen LogP contribution in [-0.2, 0) is 13.0 Å². The summed E-state index contributed by atoms with van der Waals surface area (Å²) in [4.78, 5) is 25.7. The summed E-state index contributed by atoms with van der Waals surface area (Å²) in [5.41, 5.74) is 2.83. The summed E-state index contributed by atoms with van der Waals surface area (Å²) in [6.45, 7) is 3.96. The molecule has 2 aromatic heterocycles. The minimum Gasteiger partial charge on any atom is -0.335 e. The molecule has 3 aromatic rings. The minimum absolute atomic E-state index is 0.0131. The molecule has 0 radical (unpaired) electrons. The second kappa shape index (κ2) is 8.82. The van der Waals surface area contributed by atoms with Crippen molar-refractivity contribution in [3.8, 4) is 0 Å². The summed E-state index contributed by atoms with van der Waals surface area (Å²) in [5.74, 6) is 0.0131. The fourth-order valence-electron chi connectivity index (χ4n) is 3.27. The monoisotopic (exact) mass is 412 g/mol. The van der Waals surface area contributed by atoms with E-state index in [9.17, 15) is 4.79 Å². The molecule has 0 aliphatic carbocycles. The van der Waals surface area contributed by atoms with Gasteiger partial charge in [-0.2, -0.15) is 0 Å². The Kier molecular flexibility index (Phi) is 6.00. The van der Waals surface area contributed by atoms with Gasteiger partial charge in [-0.3, -0.25) is 14.7 Å². The molecule has 4 rings (SSSR count). The average molecular weight is 413 g/mol. The van der Waals surface area contributed by atoms with E-state index in [1.165, 1.54) is 5.56 Å². The van der Waals surface area contributed by atoms with Crippen LogP contribution in [0.25, 0.3) is 0 Å². The third-order valence-electron chi connectivity index (χ3n) is 4.80. The lowest BCUT2D eigenvalue weighted by Crippen LogP contribution is -2.48. The van der Waals surface area contributed by atoms with Crippen molar-refractivity contribution in [1.29, 1.82) is 0 Å². The van der Waals surface area contributed by atoms with E-state index >= 15 is 0 Å². The average Bonchev–Trinajstić information content (AvgIpc) is 3.17. The van der Waals surface area contributed by atoms with Crippen molar-refractivity contribution in [2.24, 2.45) is 0 Å². The number of piperazine rings is 1. The van der Waals surface area contributed by atoms with E-state index in [2.05, 4.69) is 15.3 Å². The number of hydrogen-bond donors (Lipinski definition) is 0. The Morgan fingerprint density at radius 1 is 1.07 bits per heavy atom. The first-order valence-electron chi connectivity index (χ1n) is 9.28. The SMILES string of the molecule is O=C(c1ccccn1)N1CCN(Cc2csc(Cc3ccc(Cl)cc3)n2)CC1. The van der Waals surface area contributed by atoms with Crippen LogP contribution in [0.1, 0.15) is 26.8 Å². The van der Waals surface area contributed by atoms with E-state index in [4.69, 9.17) is 16.6 Å². The fourth-order valence-corrected chi connectivity index (χ4v) is 4.21. The summed E-state index contributed by atoms with van der Waals surface area (Å²) < 4.78 is 0. The van der Waals surface area contributed by atoms with Crippen molar-refractivity contribution in [3.05, 3.63) is 81.0 Å². The predicted octanol–water partition coefficient (Wildman–Crippen LogP) is 3.74. The van der Waals surface area contributed by atoms with Gasteiger partial charge in [0.25, 0.3) is 5.91 Å². The summed E-state index contributed by atoms with van der Waals surface area (Å²) in [5, 5.41) is 4.00. The number of amides is 1. The molecule has 1 aromatic carbocycles. The highest BCUT2D eigenvalue weighted by atomic mass is 35.5. The molecule has 5 nitrogen and oxygen atoms in total. The van der Waals surface area contributed by atoms with E-state index in [-0.39, 0.29) is 5.91 Å². The van der Waals surface area contributed by atoms with Gasteiger partial charge in [-0.15, -0.1) is 11.3 Å². The Morgan fingerprint density at radius 2 is 1.86 bits per heavy atom. The molecule has 0 bridgehead atoms. The molecule has 0 N–H and O–H groups in total. The van der Waals surface area contributed by atoms with Crippen molar-refractivity contribution >= 4 is 28.8 Å². The van der Waals surface area contributed by atoms with Gasteiger partial charge in [0.1, 0.15) is 5.69 Å². The van der Waals surface area contributed by atoms with Gasteiger partial charge < -0.3 is 4.90 Å². The van der Waals surface area contributed by atoms with Crippen LogP contribution in [-0.4, -0.2) is 51.9 Å². The van der Waals surface area contributed by atoms with Crippen LogP contribution in [0.5, 0.6) is 0 Å². The zero-order valence-electron chi connectivity index (χ0n) is 15.4. The maximum atomic E-state index is 12.5. The molecule has 144 valence electrons. The number of thiazole rings is 1.